The highest BCUT2D eigenvalue weighted by molar-refractivity contribution is 6.24. The van der Waals surface area contributed by atoms with E-state index in [1.54, 1.807) is 0 Å². The van der Waals surface area contributed by atoms with Gasteiger partial charge in [-0.25, -0.2) is 0 Å². The van der Waals surface area contributed by atoms with E-state index in [9.17, 15) is 10.5 Å². The number of hydrogen-bond acceptors (Lipinski definition) is 8. The van der Waals surface area contributed by atoms with Gasteiger partial charge in [-0.05, 0) is 140 Å². The van der Waals surface area contributed by atoms with Crippen LogP contribution in [0.1, 0.15) is 114 Å². The third-order valence-corrected chi connectivity index (χ3v) is 17.7. The fraction of sp³-hybridized carbons (Fsp3) is 0.179. The Balaban J connectivity index is 0.874. The highest BCUT2D eigenvalue weighted by Crippen LogP contribution is 2.50. The molecule has 0 spiro atoms. The molecular formula is C78H62N4O4. The Labute approximate surface area is 498 Å². The maximum atomic E-state index is 11.3. The number of hydrogen-bond donors (Lipinski definition) is 0. The van der Waals surface area contributed by atoms with Gasteiger partial charge in [-0.15, -0.1) is 0 Å². The lowest BCUT2D eigenvalue weighted by Crippen LogP contribution is -2.11. The zero-order valence-corrected chi connectivity index (χ0v) is 49.9. The molecule has 0 aliphatic rings. The molecule has 0 saturated carbocycles. The van der Waals surface area contributed by atoms with Gasteiger partial charge in [0.15, 0.2) is 22.3 Å². The highest BCUT2D eigenvalue weighted by atomic mass is 16.3. The number of nitrogens with zero attached hydrogens (tertiary/aromatic N) is 4. The van der Waals surface area contributed by atoms with E-state index >= 15 is 0 Å². The molecule has 0 unspecified atom stereocenters. The van der Waals surface area contributed by atoms with Crippen LogP contribution in [0.25, 0.3) is 109 Å². The lowest BCUT2D eigenvalue weighted by molar-refractivity contribution is 0.572. The van der Waals surface area contributed by atoms with Crippen LogP contribution in [-0.4, -0.2) is 0 Å². The molecule has 0 radical (unpaired) electrons. The summed E-state index contributed by atoms with van der Waals surface area (Å²) in [5.74, 6) is 0.741. The van der Waals surface area contributed by atoms with Crippen LogP contribution >= 0.6 is 0 Å². The molecule has 0 aliphatic carbocycles. The normalized spacial score (nSPS) is 12.5. The molecular weight excluding hydrogens is 1060 g/mol. The summed E-state index contributed by atoms with van der Waals surface area (Å²) in [6, 6.07) is 69.3. The van der Waals surface area contributed by atoms with Crippen molar-refractivity contribution in [1.29, 1.82) is 10.5 Å². The summed E-state index contributed by atoms with van der Waals surface area (Å²) in [5, 5.41) is 33.1. The van der Waals surface area contributed by atoms with Gasteiger partial charge in [-0.3, -0.25) is 0 Å². The maximum Gasteiger partial charge on any atom is 0.159 e. The Morgan fingerprint density at radius 3 is 1.09 bits per heavy atom. The second kappa shape index (κ2) is 19.1. The van der Waals surface area contributed by atoms with Crippen molar-refractivity contribution in [3.8, 4) is 12.1 Å². The van der Waals surface area contributed by atoms with Gasteiger partial charge in [0.05, 0.1) is 16.9 Å². The van der Waals surface area contributed by atoms with E-state index in [1.807, 2.05) is 12.1 Å². The predicted molar refractivity (Wildman–Crippen MR) is 355 cm³/mol. The number of benzene rings is 11. The van der Waals surface area contributed by atoms with Crippen molar-refractivity contribution in [2.75, 3.05) is 9.80 Å². The van der Waals surface area contributed by atoms with Crippen LogP contribution in [0, 0.1) is 22.7 Å². The first-order chi connectivity index (χ1) is 41.4. The van der Waals surface area contributed by atoms with E-state index in [1.165, 1.54) is 11.1 Å². The fourth-order valence-electron chi connectivity index (χ4n) is 13.2. The molecule has 0 atom stereocenters. The number of nitriles is 2. The molecule has 8 heteroatoms. The summed E-state index contributed by atoms with van der Waals surface area (Å²) < 4.78 is 27.5. The SMILES string of the molecule is CC(C)c1ccc(N(c2ccc3cc4c(cc3c2)oc2c(C#N)c3oc5cc6cc(N(c7ccc(C(C)C)cc7)c7cccc8c7oc7c(C(C)(C)C)cccc78)ccc6cc5c3c(C#N)c24)c2cccc3c2oc2c(C(C)(C)C)cccc23)cc1. The summed E-state index contributed by atoms with van der Waals surface area (Å²) in [7, 11) is 0. The van der Waals surface area contributed by atoms with Crippen LogP contribution < -0.4 is 9.80 Å². The Hall–Kier alpha value is -10.3. The molecule has 4 aromatic heterocycles. The Morgan fingerprint density at radius 2 is 0.721 bits per heavy atom. The molecule has 0 bridgehead atoms. The summed E-state index contributed by atoms with van der Waals surface area (Å²) in [4.78, 5) is 4.54. The van der Waals surface area contributed by atoms with E-state index in [-0.39, 0.29) is 16.4 Å². The first-order valence-corrected chi connectivity index (χ1v) is 29.7. The second-order valence-corrected chi connectivity index (χ2v) is 25.9. The average molecular weight is 1120 g/mol. The molecule has 0 N–H and O–H groups in total. The molecule has 15 rings (SSSR count). The maximum absolute atomic E-state index is 11.3. The lowest BCUT2D eigenvalue weighted by Gasteiger charge is -2.26. The number of rotatable bonds is 8. The summed E-state index contributed by atoms with van der Waals surface area (Å²) in [6.07, 6.45) is 0. The van der Waals surface area contributed by atoms with Crippen molar-refractivity contribution < 1.29 is 17.7 Å². The fourth-order valence-corrected chi connectivity index (χ4v) is 13.2. The molecule has 0 aliphatic heterocycles. The summed E-state index contributed by atoms with van der Waals surface area (Å²) in [5.41, 5.74) is 16.0. The van der Waals surface area contributed by atoms with E-state index in [2.05, 4.69) is 261 Å². The molecule has 86 heavy (non-hydrogen) atoms. The van der Waals surface area contributed by atoms with Gasteiger partial charge >= 0.3 is 0 Å². The minimum absolute atomic E-state index is 0.127. The van der Waals surface area contributed by atoms with Gasteiger partial charge in [0, 0.05) is 77.0 Å². The molecule has 11 aromatic carbocycles. The van der Waals surface area contributed by atoms with Gasteiger partial charge < -0.3 is 27.5 Å². The number of fused-ring (bicyclic) bond motifs is 14. The van der Waals surface area contributed by atoms with Gasteiger partial charge in [-0.2, -0.15) is 10.5 Å². The molecule has 0 fully saturated rings. The van der Waals surface area contributed by atoms with E-state index in [0.717, 1.165) is 121 Å². The van der Waals surface area contributed by atoms with Crippen LogP contribution in [0.5, 0.6) is 0 Å². The Bertz CT molecular complexity index is 5090. The number of furan rings is 4. The molecule has 15 aromatic rings. The monoisotopic (exact) mass is 1120 g/mol. The quantitative estimate of drug-likeness (QED) is 0.148. The Kier molecular flexibility index (Phi) is 11.7. The smallest absolute Gasteiger partial charge is 0.159 e. The van der Waals surface area contributed by atoms with Gasteiger partial charge in [0.25, 0.3) is 0 Å². The van der Waals surface area contributed by atoms with Crippen LogP contribution in [0.15, 0.2) is 200 Å². The zero-order chi connectivity index (χ0) is 59.2. The van der Waals surface area contributed by atoms with Crippen molar-refractivity contribution >= 4 is 143 Å². The largest absolute Gasteiger partial charge is 0.454 e. The van der Waals surface area contributed by atoms with E-state index < -0.39 is 0 Å². The molecule has 4 heterocycles. The van der Waals surface area contributed by atoms with Gasteiger partial charge in [0.2, 0.25) is 0 Å². The number of para-hydroxylation sites is 4. The highest BCUT2D eigenvalue weighted by Gasteiger charge is 2.29. The Morgan fingerprint density at radius 1 is 0.349 bits per heavy atom. The molecule has 8 nitrogen and oxygen atoms in total. The van der Waals surface area contributed by atoms with Gasteiger partial charge in [0.1, 0.15) is 40.0 Å². The summed E-state index contributed by atoms with van der Waals surface area (Å²) in [6.45, 7) is 22.2. The van der Waals surface area contributed by atoms with Crippen LogP contribution in [0.2, 0.25) is 0 Å². The minimum atomic E-state index is -0.127. The number of anilines is 6. The van der Waals surface area contributed by atoms with Crippen molar-refractivity contribution in [2.24, 2.45) is 0 Å². The third kappa shape index (κ3) is 8.08. The zero-order valence-electron chi connectivity index (χ0n) is 49.9. The average Bonchev–Trinajstić information content (AvgIpc) is 1.61. The minimum Gasteiger partial charge on any atom is -0.454 e. The van der Waals surface area contributed by atoms with E-state index in [0.29, 0.717) is 50.5 Å². The van der Waals surface area contributed by atoms with Crippen molar-refractivity contribution in [3.63, 3.8) is 0 Å². The molecule has 0 saturated heterocycles. The van der Waals surface area contributed by atoms with Crippen LogP contribution in [0.4, 0.5) is 34.1 Å². The first-order valence-electron chi connectivity index (χ1n) is 29.7. The summed E-state index contributed by atoms with van der Waals surface area (Å²) >= 11 is 0. The van der Waals surface area contributed by atoms with Crippen molar-refractivity contribution in [1.82, 2.24) is 0 Å². The van der Waals surface area contributed by atoms with Crippen LogP contribution in [-0.2, 0) is 10.8 Å². The second-order valence-electron chi connectivity index (χ2n) is 25.9. The topological polar surface area (TPSA) is 107 Å². The van der Waals surface area contributed by atoms with Gasteiger partial charge in [-0.1, -0.05) is 166 Å². The molecule has 418 valence electrons. The predicted octanol–water partition coefficient (Wildman–Crippen LogP) is 23.1. The molecule has 0 amide bonds. The third-order valence-electron chi connectivity index (χ3n) is 17.7. The van der Waals surface area contributed by atoms with Crippen LogP contribution in [0.3, 0.4) is 0 Å². The first kappa shape index (κ1) is 52.5. The van der Waals surface area contributed by atoms with E-state index in [4.69, 9.17) is 17.7 Å². The van der Waals surface area contributed by atoms with Crippen molar-refractivity contribution in [3.05, 3.63) is 215 Å². The lowest BCUT2D eigenvalue weighted by atomic mass is 9.86. The standard InChI is InChI=1S/C78H62N4O4/c1-43(2)45-23-29-51(30-24-45)81(65-21-13-17-57-55-15-11-19-63(77(5,6)7)71(55)85-73(57)65)53-33-27-47-37-59-67(39-49(47)35-53)83-75-62(42-80)76-70(61(41-79)69(59)75)60-38-48-28-34-54(36-50(48)40-68(60)84-76)82(52-31-25-46(26-32-52)44(3)4)66-22-14-18-58-56-16-12-20-64(78(8,9)10)72(56)86-74(58)66/h11-40,43-44H,1-10H3. The van der Waals surface area contributed by atoms with Crippen molar-refractivity contribution in [2.45, 2.75) is 91.9 Å².